The van der Waals surface area contributed by atoms with Crippen molar-refractivity contribution in [2.75, 3.05) is 6.61 Å². The van der Waals surface area contributed by atoms with Gasteiger partial charge in [0.15, 0.2) is 0 Å². The minimum absolute atomic E-state index is 0.292. The van der Waals surface area contributed by atoms with Crippen LogP contribution in [0.2, 0.25) is 0 Å². The molecular weight excluding hydrogens is 309 g/mol. The van der Waals surface area contributed by atoms with Crippen molar-refractivity contribution in [3.8, 4) is 5.75 Å². The highest BCUT2D eigenvalue weighted by atomic mass is 79.9. The summed E-state index contributed by atoms with van der Waals surface area (Å²) in [6, 6.07) is 11.7. The molecule has 4 heteroatoms. The zero-order valence-electron chi connectivity index (χ0n) is 10.6. The number of halogens is 2. The summed E-state index contributed by atoms with van der Waals surface area (Å²) in [5.41, 5.74) is 7.81. The van der Waals surface area contributed by atoms with Crippen LogP contribution in [-0.4, -0.2) is 6.61 Å². The van der Waals surface area contributed by atoms with Crippen molar-refractivity contribution in [3.63, 3.8) is 0 Å². The maximum absolute atomic E-state index is 13.3. The summed E-state index contributed by atoms with van der Waals surface area (Å²) in [7, 11) is 0. The van der Waals surface area contributed by atoms with Crippen LogP contribution in [0.5, 0.6) is 5.75 Å². The molecule has 0 saturated carbocycles. The van der Waals surface area contributed by atoms with E-state index in [1.54, 1.807) is 6.07 Å². The van der Waals surface area contributed by atoms with Gasteiger partial charge in [0.25, 0.3) is 0 Å². The summed E-state index contributed by atoms with van der Waals surface area (Å²) in [6.07, 6.45) is 0. The minimum Gasteiger partial charge on any atom is -0.494 e. The number of hydrogen-bond acceptors (Lipinski definition) is 2. The molecule has 100 valence electrons. The molecule has 0 saturated heterocycles. The predicted octanol–water partition coefficient (Wildman–Crippen LogP) is 4.04. The Morgan fingerprint density at radius 1 is 1.21 bits per heavy atom. The molecule has 0 radical (unpaired) electrons. The average Bonchev–Trinajstić information content (AvgIpc) is 2.42. The van der Waals surface area contributed by atoms with Gasteiger partial charge in [-0.2, -0.15) is 0 Å². The van der Waals surface area contributed by atoms with Gasteiger partial charge in [-0.1, -0.05) is 28.1 Å². The molecule has 0 fully saturated rings. The summed E-state index contributed by atoms with van der Waals surface area (Å²) >= 11 is 3.40. The van der Waals surface area contributed by atoms with Crippen molar-refractivity contribution in [3.05, 3.63) is 63.9 Å². The first-order valence-electron chi connectivity index (χ1n) is 6.05. The summed E-state index contributed by atoms with van der Waals surface area (Å²) in [5, 5.41) is 0. The van der Waals surface area contributed by atoms with Gasteiger partial charge in [-0.3, -0.25) is 0 Å². The molecule has 2 rings (SSSR count). The molecule has 0 bridgehead atoms. The zero-order valence-corrected chi connectivity index (χ0v) is 12.2. The number of rotatable bonds is 4. The highest BCUT2D eigenvalue weighted by Crippen LogP contribution is 2.28. The van der Waals surface area contributed by atoms with Gasteiger partial charge in [0.05, 0.1) is 12.6 Å². The van der Waals surface area contributed by atoms with Crippen LogP contribution in [0.25, 0.3) is 0 Å². The molecule has 0 aliphatic heterocycles. The second kappa shape index (κ2) is 6.17. The van der Waals surface area contributed by atoms with Gasteiger partial charge in [0, 0.05) is 4.47 Å². The molecule has 0 aromatic heterocycles. The molecule has 0 aliphatic carbocycles. The second-order valence-electron chi connectivity index (χ2n) is 4.15. The van der Waals surface area contributed by atoms with E-state index in [4.69, 9.17) is 10.5 Å². The lowest BCUT2D eigenvalue weighted by Crippen LogP contribution is -2.12. The van der Waals surface area contributed by atoms with E-state index in [0.29, 0.717) is 6.61 Å². The first-order chi connectivity index (χ1) is 9.11. The van der Waals surface area contributed by atoms with E-state index >= 15 is 0 Å². The van der Waals surface area contributed by atoms with Gasteiger partial charge in [-0.15, -0.1) is 0 Å². The average molecular weight is 324 g/mol. The Kier molecular flexibility index (Phi) is 4.56. The monoisotopic (exact) mass is 323 g/mol. The first-order valence-corrected chi connectivity index (χ1v) is 6.84. The Morgan fingerprint density at radius 3 is 2.53 bits per heavy atom. The maximum atomic E-state index is 13.3. The number of ether oxygens (including phenoxy) is 1. The van der Waals surface area contributed by atoms with E-state index in [2.05, 4.69) is 15.9 Å². The fourth-order valence-electron chi connectivity index (χ4n) is 1.87. The number of hydrogen-bond donors (Lipinski definition) is 1. The third-order valence-corrected chi connectivity index (χ3v) is 3.57. The van der Waals surface area contributed by atoms with E-state index < -0.39 is 0 Å². The lowest BCUT2D eigenvalue weighted by molar-refractivity contribution is 0.340. The van der Waals surface area contributed by atoms with Gasteiger partial charge < -0.3 is 10.5 Å². The van der Waals surface area contributed by atoms with Gasteiger partial charge in [0.2, 0.25) is 0 Å². The third kappa shape index (κ3) is 3.33. The molecule has 2 N–H and O–H groups in total. The Hall–Kier alpha value is -1.39. The zero-order chi connectivity index (χ0) is 13.8. The van der Waals surface area contributed by atoms with Crippen LogP contribution >= 0.6 is 15.9 Å². The Morgan fingerprint density at radius 2 is 1.89 bits per heavy atom. The highest BCUT2D eigenvalue weighted by molar-refractivity contribution is 9.10. The van der Waals surface area contributed by atoms with Crippen molar-refractivity contribution < 1.29 is 9.13 Å². The van der Waals surface area contributed by atoms with Crippen LogP contribution < -0.4 is 10.5 Å². The minimum atomic E-state index is -0.374. The molecule has 1 unspecified atom stereocenters. The van der Waals surface area contributed by atoms with Crippen molar-refractivity contribution in [2.24, 2.45) is 5.73 Å². The Balaban J connectivity index is 2.27. The molecule has 1 atom stereocenters. The van der Waals surface area contributed by atoms with Crippen molar-refractivity contribution >= 4 is 15.9 Å². The summed E-state index contributed by atoms with van der Waals surface area (Å²) in [6.45, 7) is 2.56. The highest BCUT2D eigenvalue weighted by Gasteiger charge is 2.13. The third-order valence-electron chi connectivity index (χ3n) is 2.84. The largest absolute Gasteiger partial charge is 0.494 e. The van der Waals surface area contributed by atoms with Crippen molar-refractivity contribution in [1.29, 1.82) is 0 Å². The predicted molar refractivity (Wildman–Crippen MR) is 77.7 cm³/mol. The Bertz CT molecular complexity index is 557. The topological polar surface area (TPSA) is 35.2 Å². The molecule has 19 heavy (non-hydrogen) atoms. The van der Waals surface area contributed by atoms with Crippen molar-refractivity contribution in [2.45, 2.75) is 13.0 Å². The van der Waals surface area contributed by atoms with Gasteiger partial charge in [-0.05, 0) is 48.4 Å². The second-order valence-corrected chi connectivity index (χ2v) is 5.00. The molecule has 0 aliphatic rings. The fraction of sp³-hybridized carbons (Fsp3) is 0.200. The molecule has 2 nitrogen and oxygen atoms in total. The van der Waals surface area contributed by atoms with Crippen LogP contribution in [-0.2, 0) is 0 Å². The molecule has 0 spiro atoms. The molecule has 0 amide bonds. The smallest absolute Gasteiger partial charge is 0.123 e. The quantitative estimate of drug-likeness (QED) is 0.921. The van der Waals surface area contributed by atoms with E-state index in [1.807, 2.05) is 31.2 Å². The molecule has 2 aromatic carbocycles. The van der Waals surface area contributed by atoms with E-state index in [-0.39, 0.29) is 11.9 Å². The van der Waals surface area contributed by atoms with Crippen LogP contribution in [0.1, 0.15) is 24.1 Å². The summed E-state index contributed by atoms with van der Waals surface area (Å²) < 4.78 is 19.5. The summed E-state index contributed by atoms with van der Waals surface area (Å²) in [5.74, 6) is 0.511. The lowest BCUT2D eigenvalue weighted by atomic mass is 9.99. The van der Waals surface area contributed by atoms with Gasteiger partial charge in [-0.25, -0.2) is 4.39 Å². The number of benzene rings is 2. The fourth-order valence-corrected chi connectivity index (χ4v) is 2.36. The maximum Gasteiger partial charge on any atom is 0.123 e. The Labute approximate surface area is 120 Å². The van der Waals surface area contributed by atoms with Gasteiger partial charge >= 0.3 is 0 Å². The lowest BCUT2D eigenvalue weighted by Gasteiger charge is -2.15. The van der Waals surface area contributed by atoms with E-state index in [0.717, 1.165) is 21.3 Å². The molecule has 0 heterocycles. The molecular formula is C15H15BrFNO. The van der Waals surface area contributed by atoms with Crippen LogP contribution in [0.4, 0.5) is 4.39 Å². The van der Waals surface area contributed by atoms with E-state index in [1.165, 1.54) is 12.1 Å². The number of nitrogens with two attached hydrogens (primary N) is 1. The van der Waals surface area contributed by atoms with Crippen LogP contribution in [0.15, 0.2) is 46.9 Å². The molecule has 2 aromatic rings. The first kappa shape index (κ1) is 14.0. The SMILES string of the molecule is CCOc1ccc(C(N)c2cc(F)ccc2Br)cc1. The van der Waals surface area contributed by atoms with Crippen LogP contribution in [0, 0.1) is 5.82 Å². The standard InChI is InChI=1S/C15H15BrFNO/c1-2-19-12-6-3-10(4-7-12)15(18)13-9-11(17)5-8-14(13)16/h3-9,15H,2,18H2,1H3. The van der Waals surface area contributed by atoms with E-state index in [9.17, 15) is 4.39 Å². The van der Waals surface area contributed by atoms with Crippen molar-refractivity contribution in [1.82, 2.24) is 0 Å². The van der Waals surface area contributed by atoms with Gasteiger partial charge in [0.1, 0.15) is 11.6 Å². The van der Waals surface area contributed by atoms with Crippen LogP contribution in [0.3, 0.4) is 0 Å². The summed E-state index contributed by atoms with van der Waals surface area (Å²) in [4.78, 5) is 0. The normalized spacial score (nSPS) is 12.2.